The molecule has 0 radical (unpaired) electrons. The number of methoxy groups -OCH3 is 1. The van der Waals surface area contributed by atoms with E-state index in [4.69, 9.17) is 9.47 Å². The van der Waals surface area contributed by atoms with Gasteiger partial charge in [0.2, 0.25) is 5.91 Å². The first-order chi connectivity index (χ1) is 16.2. The highest BCUT2D eigenvalue weighted by atomic mass is 16.5. The summed E-state index contributed by atoms with van der Waals surface area (Å²) in [6, 6.07) is 15.8. The molecule has 1 aliphatic heterocycles. The molecule has 0 unspecified atom stereocenters. The Hall–Kier alpha value is -2.53. The largest absolute Gasteiger partial charge is 0.497 e. The van der Waals surface area contributed by atoms with Gasteiger partial charge in [-0.3, -0.25) is 4.79 Å². The molecule has 5 nitrogen and oxygen atoms in total. The monoisotopic (exact) mass is 450 g/mol. The molecule has 5 heteroatoms. The minimum atomic E-state index is -0.464. The van der Waals surface area contributed by atoms with E-state index in [0.717, 1.165) is 68.0 Å². The molecule has 1 heterocycles. The van der Waals surface area contributed by atoms with Gasteiger partial charge in [-0.25, -0.2) is 0 Å². The lowest BCUT2D eigenvalue weighted by atomic mass is 9.78. The predicted molar refractivity (Wildman–Crippen MR) is 133 cm³/mol. The van der Waals surface area contributed by atoms with Crippen molar-refractivity contribution in [3.63, 3.8) is 0 Å². The van der Waals surface area contributed by atoms with Crippen LogP contribution in [0.2, 0.25) is 0 Å². The first-order valence-electron chi connectivity index (χ1n) is 12.6. The topological polar surface area (TPSA) is 50.8 Å². The van der Waals surface area contributed by atoms with E-state index in [1.165, 1.54) is 38.8 Å². The van der Waals surface area contributed by atoms with Gasteiger partial charge in [0.15, 0.2) is 0 Å². The SMILES string of the molecule is COc1ccc(C2(C(=O)Nc3ccc(OCCCN4CCCCCC4)cc3)CCCC2)cc1. The maximum atomic E-state index is 13.4. The smallest absolute Gasteiger partial charge is 0.235 e. The van der Waals surface area contributed by atoms with Crippen LogP contribution in [-0.4, -0.2) is 44.2 Å². The lowest BCUT2D eigenvalue weighted by molar-refractivity contribution is -0.121. The summed E-state index contributed by atoms with van der Waals surface area (Å²) in [6.07, 6.45) is 10.3. The van der Waals surface area contributed by atoms with Crippen LogP contribution in [0.25, 0.3) is 0 Å². The standard InChI is InChI=1S/C28H38N2O3/c1-32-25-13-9-23(10-14-25)28(17-4-5-18-28)27(31)29-24-11-15-26(16-12-24)33-22-8-21-30-19-6-2-3-7-20-30/h9-16H,2-8,17-22H2,1H3,(H,29,31). The molecule has 2 aliphatic rings. The van der Waals surface area contributed by atoms with Crippen LogP contribution in [0.1, 0.15) is 63.4 Å². The molecule has 0 bridgehead atoms. The van der Waals surface area contributed by atoms with Crippen molar-refractivity contribution in [3.05, 3.63) is 54.1 Å². The van der Waals surface area contributed by atoms with Crippen molar-refractivity contribution >= 4 is 11.6 Å². The lowest BCUT2D eigenvalue weighted by Gasteiger charge is -2.28. The minimum Gasteiger partial charge on any atom is -0.497 e. The van der Waals surface area contributed by atoms with Crippen LogP contribution in [0.15, 0.2) is 48.5 Å². The van der Waals surface area contributed by atoms with Gasteiger partial charge < -0.3 is 19.7 Å². The zero-order valence-corrected chi connectivity index (χ0v) is 20.0. The summed E-state index contributed by atoms with van der Waals surface area (Å²) < 4.78 is 11.2. The number of carbonyl (C=O) groups is 1. The molecule has 1 N–H and O–H groups in total. The fraction of sp³-hybridized carbons (Fsp3) is 0.536. The third-order valence-electron chi connectivity index (χ3n) is 7.23. The van der Waals surface area contributed by atoms with Crippen molar-refractivity contribution in [2.75, 3.05) is 38.7 Å². The van der Waals surface area contributed by atoms with Gasteiger partial charge in [0.25, 0.3) is 0 Å². The summed E-state index contributed by atoms with van der Waals surface area (Å²) in [5.41, 5.74) is 1.42. The number of rotatable bonds is 9. The van der Waals surface area contributed by atoms with Crippen LogP contribution in [0, 0.1) is 0 Å². The zero-order valence-electron chi connectivity index (χ0n) is 20.0. The molecule has 2 aromatic rings. The Bertz CT molecular complexity index is 865. The average Bonchev–Trinajstić information content (AvgIpc) is 3.22. The highest BCUT2D eigenvalue weighted by Gasteiger charge is 2.42. The molecule has 0 aromatic heterocycles. The molecular formula is C28H38N2O3. The van der Waals surface area contributed by atoms with Gasteiger partial charge in [-0.1, -0.05) is 37.8 Å². The van der Waals surface area contributed by atoms with Crippen molar-refractivity contribution in [1.29, 1.82) is 0 Å². The summed E-state index contributed by atoms with van der Waals surface area (Å²) in [4.78, 5) is 16.0. The quantitative estimate of drug-likeness (QED) is 0.491. The Morgan fingerprint density at radius 1 is 0.879 bits per heavy atom. The third kappa shape index (κ3) is 6.08. The van der Waals surface area contributed by atoms with Gasteiger partial charge >= 0.3 is 0 Å². The zero-order chi connectivity index (χ0) is 22.9. The van der Waals surface area contributed by atoms with E-state index in [1.54, 1.807) is 7.11 Å². The molecule has 1 aliphatic carbocycles. The molecule has 178 valence electrons. The van der Waals surface area contributed by atoms with E-state index in [9.17, 15) is 4.79 Å². The van der Waals surface area contributed by atoms with E-state index in [0.29, 0.717) is 0 Å². The highest BCUT2D eigenvalue weighted by molar-refractivity contribution is 5.99. The molecule has 2 aromatic carbocycles. The van der Waals surface area contributed by atoms with Crippen molar-refractivity contribution in [1.82, 2.24) is 4.90 Å². The van der Waals surface area contributed by atoms with E-state index in [-0.39, 0.29) is 5.91 Å². The Morgan fingerprint density at radius 2 is 1.52 bits per heavy atom. The van der Waals surface area contributed by atoms with E-state index in [1.807, 2.05) is 48.5 Å². The Balaban J connectivity index is 1.29. The number of nitrogens with zero attached hydrogens (tertiary/aromatic N) is 1. The maximum Gasteiger partial charge on any atom is 0.235 e. The van der Waals surface area contributed by atoms with Gasteiger partial charge in [-0.15, -0.1) is 0 Å². The summed E-state index contributed by atoms with van der Waals surface area (Å²) in [6.45, 7) is 4.29. The van der Waals surface area contributed by atoms with Crippen molar-refractivity contribution < 1.29 is 14.3 Å². The Labute approximate surface area is 198 Å². The van der Waals surface area contributed by atoms with Crippen molar-refractivity contribution in [2.45, 2.75) is 63.2 Å². The molecule has 4 rings (SSSR count). The first kappa shape index (κ1) is 23.6. The van der Waals surface area contributed by atoms with Gasteiger partial charge in [-0.05, 0) is 87.2 Å². The maximum absolute atomic E-state index is 13.4. The normalized spacial score (nSPS) is 18.5. The second-order valence-electron chi connectivity index (χ2n) is 9.45. The van der Waals surface area contributed by atoms with Crippen LogP contribution < -0.4 is 14.8 Å². The van der Waals surface area contributed by atoms with Gasteiger partial charge in [0, 0.05) is 12.2 Å². The fourth-order valence-electron chi connectivity index (χ4n) is 5.26. The van der Waals surface area contributed by atoms with Crippen molar-refractivity contribution in [2.24, 2.45) is 0 Å². The Kier molecular flexibility index (Phi) is 8.27. The summed E-state index contributed by atoms with van der Waals surface area (Å²) in [5.74, 6) is 1.75. The van der Waals surface area contributed by atoms with Crippen LogP contribution in [0.5, 0.6) is 11.5 Å². The third-order valence-corrected chi connectivity index (χ3v) is 7.23. The number of likely N-dealkylation sites (tertiary alicyclic amines) is 1. The number of nitrogens with one attached hydrogen (secondary N) is 1. The molecule has 2 fully saturated rings. The molecular weight excluding hydrogens is 412 g/mol. The molecule has 0 atom stereocenters. The van der Waals surface area contributed by atoms with Crippen LogP contribution in [0.4, 0.5) is 5.69 Å². The fourth-order valence-corrected chi connectivity index (χ4v) is 5.26. The van der Waals surface area contributed by atoms with Crippen LogP contribution >= 0.6 is 0 Å². The van der Waals surface area contributed by atoms with E-state index in [2.05, 4.69) is 10.2 Å². The number of benzene rings is 2. The average molecular weight is 451 g/mol. The molecule has 1 saturated heterocycles. The summed E-state index contributed by atoms with van der Waals surface area (Å²) in [5, 5.41) is 3.16. The van der Waals surface area contributed by atoms with Gasteiger partial charge in [-0.2, -0.15) is 0 Å². The number of anilines is 1. The number of amides is 1. The number of hydrogen-bond acceptors (Lipinski definition) is 4. The Morgan fingerprint density at radius 3 is 2.15 bits per heavy atom. The second-order valence-corrected chi connectivity index (χ2v) is 9.45. The van der Waals surface area contributed by atoms with Gasteiger partial charge in [0.05, 0.1) is 19.1 Å². The molecule has 33 heavy (non-hydrogen) atoms. The molecule has 1 amide bonds. The van der Waals surface area contributed by atoms with Crippen molar-refractivity contribution in [3.8, 4) is 11.5 Å². The van der Waals surface area contributed by atoms with E-state index < -0.39 is 5.41 Å². The summed E-state index contributed by atoms with van der Waals surface area (Å²) in [7, 11) is 1.66. The number of carbonyl (C=O) groups excluding carboxylic acids is 1. The number of hydrogen-bond donors (Lipinski definition) is 1. The predicted octanol–water partition coefficient (Wildman–Crippen LogP) is 5.79. The lowest BCUT2D eigenvalue weighted by Crippen LogP contribution is -2.37. The van der Waals surface area contributed by atoms with Crippen LogP contribution in [0.3, 0.4) is 0 Å². The highest BCUT2D eigenvalue weighted by Crippen LogP contribution is 2.42. The van der Waals surface area contributed by atoms with Gasteiger partial charge in [0.1, 0.15) is 11.5 Å². The number of ether oxygens (including phenoxy) is 2. The first-order valence-corrected chi connectivity index (χ1v) is 12.6. The van der Waals surface area contributed by atoms with Crippen LogP contribution in [-0.2, 0) is 10.2 Å². The second kappa shape index (κ2) is 11.6. The summed E-state index contributed by atoms with van der Waals surface area (Å²) >= 11 is 0. The van der Waals surface area contributed by atoms with E-state index >= 15 is 0 Å². The molecule has 1 saturated carbocycles. The minimum absolute atomic E-state index is 0.0799. The molecule has 0 spiro atoms.